The molecule has 0 radical (unpaired) electrons. The van der Waals surface area contributed by atoms with E-state index in [2.05, 4.69) is 0 Å². The highest BCUT2D eigenvalue weighted by Crippen LogP contribution is 2.47. The minimum atomic E-state index is -1.69. The van der Waals surface area contributed by atoms with Gasteiger partial charge in [-0.2, -0.15) is 0 Å². The number of hydrogen-bond donors (Lipinski definition) is 2. The number of carbonyl (C=O) groups excluding carboxylic acids is 3. The van der Waals surface area contributed by atoms with Gasteiger partial charge in [0.2, 0.25) is 0 Å². The summed E-state index contributed by atoms with van der Waals surface area (Å²) in [5.41, 5.74) is -1.22. The molecule has 166 valence electrons. The van der Waals surface area contributed by atoms with Gasteiger partial charge in [0.25, 0.3) is 0 Å². The van der Waals surface area contributed by atoms with Crippen molar-refractivity contribution in [3.05, 3.63) is 29.8 Å². The Hall–Kier alpha value is -2.41. The molecule has 7 heteroatoms. The second kappa shape index (κ2) is 9.60. The summed E-state index contributed by atoms with van der Waals surface area (Å²) in [6.45, 7) is 9.25. The molecule has 0 aromatic heterocycles. The Labute approximate surface area is 177 Å². The van der Waals surface area contributed by atoms with Crippen molar-refractivity contribution in [2.45, 2.75) is 52.6 Å². The van der Waals surface area contributed by atoms with Gasteiger partial charge >= 0.3 is 11.9 Å². The minimum Gasteiger partial charge on any atom is -0.508 e. The van der Waals surface area contributed by atoms with Crippen LogP contribution in [-0.2, 0) is 23.9 Å². The first-order chi connectivity index (χ1) is 13.9. The Bertz CT molecular complexity index is 764. The second-order valence-electron chi connectivity index (χ2n) is 9.12. The van der Waals surface area contributed by atoms with Gasteiger partial charge in [-0.05, 0) is 36.5 Å². The number of phenols is 1. The Balaban J connectivity index is 2.51. The third kappa shape index (κ3) is 5.59. The molecule has 1 aliphatic rings. The molecule has 0 heterocycles. The zero-order valence-corrected chi connectivity index (χ0v) is 18.3. The van der Waals surface area contributed by atoms with Gasteiger partial charge in [-0.1, -0.05) is 39.8 Å². The lowest BCUT2D eigenvalue weighted by atomic mass is 9.61. The third-order valence-corrected chi connectivity index (χ3v) is 5.17. The van der Waals surface area contributed by atoms with Gasteiger partial charge in [0.1, 0.15) is 11.7 Å². The number of Topliss-reactive ketones (excluding diaryl/α,β-unsaturated/α-hetero) is 1. The topological polar surface area (TPSA) is 110 Å². The highest BCUT2D eigenvalue weighted by atomic mass is 16.5. The van der Waals surface area contributed by atoms with Gasteiger partial charge in [-0.15, -0.1) is 0 Å². The van der Waals surface area contributed by atoms with Crippen LogP contribution in [0.5, 0.6) is 5.75 Å². The van der Waals surface area contributed by atoms with E-state index in [4.69, 9.17) is 9.47 Å². The average Bonchev–Trinajstić information content (AvgIpc) is 2.63. The maximum atomic E-state index is 13.0. The summed E-state index contributed by atoms with van der Waals surface area (Å²) >= 11 is 0. The van der Waals surface area contributed by atoms with E-state index in [9.17, 15) is 24.6 Å². The maximum Gasteiger partial charge on any atom is 0.317 e. The van der Waals surface area contributed by atoms with Gasteiger partial charge < -0.3 is 19.7 Å². The molecule has 7 nitrogen and oxygen atoms in total. The van der Waals surface area contributed by atoms with E-state index in [-0.39, 0.29) is 37.2 Å². The first-order valence-electron chi connectivity index (χ1n) is 10.3. The van der Waals surface area contributed by atoms with Crippen LogP contribution < -0.4 is 0 Å². The first kappa shape index (κ1) is 23.9. The number of phenolic OH excluding ortho intramolecular Hbond substituents is 1. The molecule has 0 spiro atoms. The molecule has 4 unspecified atom stereocenters. The van der Waals surface area contributed by atoms with Crippen molar-refractivity contribution in [2.75, 3.05) is 13.2 Å². The van der Waals surface area contributed by atoms with Crippen LogP contribution in [0.2, 0.25) is 0 Å². The Morgan fingerprint density at radius 1 is 1.03 bits per heavy atom. The number of aliphatic hydroxyl groups is 1. The summed E-state index contributed by atoms with van der Waals surface area (Å²) in [4.78, 5) is 38.8. The smallest absolute Gasteiger partial charge is 0.317 e. The van der Waals surface area contributed by atoms with Gasteiger partial charge in [0, 0.05) is 12.3 Å². The molecule has 1 aromatic carbocycles. The van der Waals surface area contributed by atoms with Crippen LogP contribution in [0.3, 0.4) is 0 Å². The van der Waals surface area contributed by atoms with E-state index in [1.54, 1.807) is 12.1 Å². The number of hydrogen-bond acceptors (Lipinski definition) is 7. The largest absolute Gasteiger partial charge is 0.508 e. The zero-order chi connectivity index (χ0) is 22.6. The predicted molar refractivity (Wildman–Crippen MR) is 110 cm³/mol. The van der Waals surface area contributed by atoms with Crippen molar-refractivity contribution < 1.29 is 34.1 Å². The van der Waals surface area contributed by atoms with E-state index < -0.39 is 41.1 Å². The van der Waals surface area contributed by atoms with Crippen LogP contribution >= 0.6 is 0 Å². The molecule has 1 aliphatic carbocycles. The first-order valence-corrected chi connectivity index (χ1v) is 10.3. The number of carbonyl (C=O) groups is 3. The molecule has 1 fully saturated rings. The summed E-state index contributed by atoms with van der Waals surface area (Å²) in [7, 11) is 0. The second-order valence-corrected chi connectivity index (χ2v) is 9.12. The molecular weight excluding hydrogens is 388 g/mol. The zero-order valence-electron chi connectivity index (χ0n) is 18.3. The number of esters is 2. The molecule has 1 aromatic rings. The maximum absolute atomic E-state index is 13.0. The van der Waals surface area contributed by atoms with Crippen molar-refractivity contribution in [2.24, 2.45) is 23.7 Å². The summed E-state index contributed by atoms with van der Waals surface area (Å²) < 4.78 is 10.7. The molecule has 30 heavy (non-hydrogen) atoms. The highest BCUT2D eigenvalue weighted by Gasteiger charge is 2.57. The summed E-state index contributed by atoms with van der Waals surface area (Å²) in [6, 6.07) is 5.91. The Morgan fingerprint density at radius 3 is 2.03 bits per heavy atom. The Morgan fingerprint density at radius 2 is 1.53 bits per heavy atom. The number of benzene rings is 1. The molecule has 0 bridgehead atoms. The van der Waals surface area contributed by atoms with Crippen LogP contribution in [0.4, 0.5) is 0 Å². The van der Waals surface area contributed by atoms with Crippen LogP contribution in [0.1, 0.15) is 52.5 Å². The van der Waals surface area contributed by atoms with Gasteiger partial charge in [0.15, 0.2) is 5.78 Å². The lowest BCUT2D eigenvalue weighted by molar-refractivity contribution is -0.173. The number of aromatic hydroxyl groups is 1. The lowest BCUT2D eigenvalue weighted by Gasteiger charge is -2.43. The van der Waals surface area contributed by atoms with Crippen molar-refractivity contribution in [3.8, 4) is 5.75 Å². The summed E-state index contributed by atoms with van der Waals surface area (Å²) in [5.74, 6) is -5.06. The monoisotopic (exact) mass is 420 g/mol. The van der Waals surface area contributed by atoms with Crippen LogP contribution in [0, 0.1) is 23.7 Å². The quantitative estimate of drug-likeness (QED) is 0.515. The van der Waals surface area contributed by atoms with Crippen molar-refractivity contribution >= 4 is 17.7 Å². The SMILES string of the molecule is CC(C)COC(=O)C1C(=O)CC(C)(O)C(C(=O)OCC(C)C)C1c1ccc(O)cc1. The molecule has 0 amide bonds. The van der Waals surface area contributed by atoms with Crippen LogP contribution in [0.15, 0.2) is 24.3 Å². The number of ether oxygens (including phenoxy) is 2. The third-order valence-electron chi connectivity index (χ3n) is 5.17. The number of rotatable bonds is 7. The summed E-state index contributed by atoms with van der Waals surface area (Å²) in [5, 5.41) is 20.7. The normalized spacial score (nSPS) is 26.7. The van der Waals surface area contributed by atoms with E-state index in [1.807, 2.05) is 27.7 Å². The fourth-order valence-electron chi connectivity index (χ4n) is 3.79. The average molecular weight is 421 g/mol. The van der Waals surface area contributed by atoms with Crippen LogP contribution in [0.25, 0.3) is 0 Å². The van der Waals surface area contributed by atoms with Gasteiger partial charge in [0.05, 0.1) is 24.7 Å². The predicted octanol–water partition coefficient (Wildman–Crippen LogP) is 2.83. The summed E-state index contributed by atoms with van der Waals surface area (Å²) in [6.07, 6.45) is -0.357. The van der Waals surface area contributed by atoms with Gasteiger partial charge in [-0.3, -0.25) is 14.4 Å². The number of ketones is 1. The molecule has 0 saturated heterocycles. The van der Waals surface area contributed by atoms with Crippen molar-refractivity contribution in [1.29, 1.82) is 0 Å². The van der Waals surface area contributed by atoms with Crippen LogP contribution in [-0.4, -0.2) is 46.7 Å². The standard InChI is InChI=1S/C23H32O7/c1-13(2)11-29-21(26)19-17(25)10-23(5,28)20(22(27)30-12-14(3)4)18(19)15-6-8-16(24)9-7-15/h6-9,13-14,18-20,24,28H,10-12H2,1-5H3. The minimum absolute atomic E-state index is 0.00511. The van der Waals surface area contributed by atoms with Crippen molar-refractivity contribution in [3.63, 3.8) is 0 Å². The molecular formula is C23H32O7. The molecule has 4 atom stereocenters. The molecule has 1 saturated carbocycles. The molecule has 0 aliphatic heterocycles. The van der Waals surface area contributed by atoms with E-state index >= 15 is 0 Å². The fourth-order valence-corrected chi connectivity index (χ4v) is 3.79. The highest BCUT2D eigenvalue weighted by molar-refractivity contribution is 6.02. The molecule has 2 rings (SSSR count). The van der Waals surface area contributed by atoms with E-state index in [1.165, 1.54) is 19.1 Å². The van der Waals surface area contributed by atoms with Crippen molar-refractivity contribution in [1.82, 2.24) is 0 Å². The van der Waals surface area contributed by atoms with E-state index in [0.29, 0.717) is 5.56 Å². The fraction of sp³-hybridized carbons (Fsp3) is 0.609. The molecule has 2 N–H and O–H groups in total. The van der Waals surface area contributed by atoms with Gasteiger partial charge in [-0.25, -0.2) is 0 Å². The van der Waals surface area contributed by atoms with E-state index in [0.717, 1.165) is 0 Å². The lowest BCUT2D eigenvalue weighted by Crippen LogP contribution is -2.55. The Kier molecular flexibility index (Phi) is 7.64.